The number of rotatable bonds is 4. The van der Waals surface area contributed by atoms with Crippen LogP contribution in [0.1, 0.15) is 0 Å². The van der Waals surface area contributed by atoms with Gasteiger partial charge in [0.15, 0.2) is 0 Å². The lowest BCUT2D eigenvalue weighted by molar-refractivity contribution is 0.669. The van der Waals surface area contributed by atoms with Gasteiger partial charge in [-0.15, -0.1) is 0 Å². The fourth-order valence-corrected chi connectivity index (χ4v) is 4.95. The van der Waals surface area contributed by atoms with Crippen LogP contribution in [-0.4, -0.2) is 0 Å². The van der Waals surface area contributed by atoms with Crippen molar-refractivity contribution in [2.24, 2.45) is 0 Å². The Morgan fingerprint density at radius 1 is 0.471 bits per heavy atom. The lowest BCUT2D eigenvalue weighted by Gasteiger charge is -2.26. The minimum atomic E-state index is 0.616. The van der Waals surface area contributed by atoms with Gasteiger partial charge in [0, 0.05) is 37.9 Å². The third-order valence-electron chi connectivity index (χ3n) is 5.93. The molecule has 5 aromatic carbocycles. The van der Waals surface area contributed by atoms with Gasteiger partial charge in [0.05, 0.1) is 0 Å². The third-order valence-corrected chi connectivity index (χ3v) is 6.37. The van der Waals surface area contributed by atoms with Crippen LogP contribution in [0.25, 0.3) is 33.1 Å². The zero-order valence-corrected chi connectivity index (χ0v) is 19.6. The van der Waals surface area contributed by atoms with E-state index in [2.05, 4.69) is 71.6 Å². The molecule has 6 aromatic rings. The van der Waals surface area contributed by atoms with Crippen molar-refractivity contribution < 1.29 is 4.42 Å². The van der Waals surface area contributed by atoms with Crippen LogP contribution in [0.3, 0.4) is 0 Å². The van der Waals surface area contributed by atoms with E-state index in [1.807, 2.05) is 42.5 Å². The van der Waals surface area contributed by atoms with E-state index in [4.69, 9.17) is 27.6 Å². The summed E-state index contributed by atoms with van der Waals surface area (Å²) in [5.74, 6) is 0. The van der Waals surface area contributed by atoms with E-state index in [-0.39, 0.29) is 0 Å². The summed E-state index contributed by atoms with van der Waals surface area (Å²) in [5.41, 5.74) is 6.93. The number of nitrogens with zero attached hydrogens (tertiary/aromatic N) is 1. The van der Waals surface area contributed by atoms with Crippen LogP contribution >= 0.6 is 23.2 Å². The minimum absolute atomic E-state index is 0.616. The van der Waals surface area contributed by atoms with Gasteiger partial charge in [-0.25, -0.2) is 0 Å². The standard InChI is InChI=1S/C30H19Cl2NO/c31-22-15-21(16-23(32)18-22)20-7-6-10-25(17-20)33(24-8-2-1-3-9-24)26-13-14-30-28(19-26)27-11-4-5-12-29(27)34-30/h1-19H. The van der Waals surface area contributed by atoms with Crippen molar-refractivity contribution in [1.82, 2.24) is 0 Å². The molecular weight excluding hydrogens is 461 g/mol. The van der Waals surface area contributed by atoms with E-state index in [1.54, 1.807) is 6.07 Å². The largest absolute Gasteiger partial charge is 0.456 e. The topological polar surface area (TPSA) is 16.4 Å². The van der Waals surface area contributed by atoms with Crippen LogP contribution in [-0.2, 0) is 0 Å². The fraction of sp³-hybridized carbons (Fsp3) is 0. The molecule has 0 aliphatic heterocycles. The van der Waals surface area contributed by atoms with Crippen molar-refractivity contribution in [3.8, 4) is 11.1 Å². The molecule has 0 bridgehead atoms. The maximum absolute atomic E-state index is 6.28. The molecular formula is C30H19Cl2NO. The molecule has 0 atom stereocenters. The van der Waals surface area contributed by atoms with E-state index >= 15 is 0 Å². The predicted molar refractivity (Wildman–Crippen MR) is 144 cm³/mol. The molecule has 0 unspecified atom stereocenters. The molecule has 0 aliphatic rings. The van der Waals surface area contributed by atoms with E-state index in [1.165, 1.54) is 0 Å². The van der Waals surface area contributed by atoms with Crippen LogP contribution in [0.4, 0.5) is 17.1 Å². The number of hydrogen-bond acceptors (Lipinski definition) is 2. The molecule has 1 heterocycles. The number of benzene rings is 5. The Bertz CT molecular complexity index is 1620. The molecule has 0 saturated heterocycles. The van der Waals surface area contributed by atoms with Gasteiger partial charge in [-0.1, -0.05) is 71.7 Å². The molecule has 4 heteroatoms. The number of hydrogen-bond donors (Lipinski definition) is 0. The van der Waals surface area contributed by atoms with Crippen molar-refractivity contribution in [1.29, 1.82) is 0 Å². The quantitative estimate of drug-likeness (QED) is 0.250. The van der Waals surface area contributed by atoms with Gasteiger partial charge in [-0.05, 0) is 77.9 Å². The maximum Gasteiger partial charge on any atom is 0.135 e. The monoisotopic (exact) mass is 479 g/mol. The number of furan rings is 1. The molecule has 1 aromatic heterocycles. The lowest BCUT2D eigenvalue weighted by atomic mass is 10.0. The molecule has 0 fully saturated rings. The van der Waals surface area contributed by atoms with Crippen LogP contribution in [0.5, 0.6) is 0 Å². The number of para-hydroxylation sites is 2. The molecule has 0 radical (unpaired) electrons. The fourth-order valence-electron chi connectivity index (χ4n) is 4.42. The minimum Gasteiger partial charge on any atom is -0.456 e. The number of halogens is 2. The lowest BCUT2D eigenvalue weighted by Crippen LogP contribution is -2.09. The first-order valence-corrected chi connectivity index (χ1v) is 11.7. The van der Waals surface area contributed by atoms with Gasteiger partial charge in [0.2, 0.25) is 0 Å². The average Bonchev–Trinajstić information content (AvgIpc) is 3.23. The molecule has 0 saturated carbocycles. The van der Waals surface area contributed by atoms with E-state index in [0.717, 1.165) is 50.1 Å². The average molecular weight is 480 g/mol. The van der Waals surface area contributed by atoms with Gasteiger partial charge in [0.25, 0.3) is 0 Å². The first kappa shape index (κ1) is 20.9. The van der Waals surface area contributed by atoms with Gasteiger partial charge in [-0.2, -0.15) is 0 Å². The van der Waals surface area contributed by atoms with E-state index in [0.29, 0.717) is 10.0 Å². The summed E-state index contributed by atoms with van der Waals surface area (Å²) >= 11 is 12.6. The smallest absolute Gasteiger partial charge is 0.135 e. The Hall–Kier alpha value is -3.72. The van der Waals surface area contributed by atoms with Crippen LogP contribution in [0, 0.1) is 0 Å². The second-order valence-corrected chi connectivity index (χ2v) is 9.03. The molecule has 164 valence electrons. The first-order chi connectivity index (χ1) is 16.7. The van der Waals surface area contributed by atoms with Crippen molar-refractivity contribution in [3.63, 3.8) is 0 Å². The summed E-state index contributed by atoms with van der Waals surface area (Å²) in [7, 11) is 0. The Morgan fingerprint density at radius 3 is 1.97 bits per heavy atom. The zero-order chi connectivity index (χ0) is 23.1. The Kier molecular flexibility index (Phi) is 5.26. The second kappa shape index (κ2) is 8.57. The molecule has 2 nitrogen and oxygen atoms in total. The summed E-state index contributed by atoms with van der Waals surface area (Å²) in [4.78, 5) is 2.25. The SMILES string of the molecule is Clc1cc(Cl)cc(-c2cccc(N(c3ccccc3)c3ccc4oc5ccccc5c4c3)c2)c1. The molecule has 6 rings (SSSR count). The summed E-state index contributed by atoms with van der Waals surface area (Å²) in [6, 6.07) is 38.8. The molecule has 0 amide bonds. The Labute approximate surface area is 207 Å². The third kappa shape index (κ3) is 3.81. The second-order valence-electron chi connectivity index (χ2n) is 8.16. The van der Waals surface area contributed by atoms with Crippen LogP contribution < -0.4 is 4.90 Å². The van der Waals surface area contributed by atoms with Gasteiger partial charge in [0.1, 0.15) is 11.2 Å². The number of anilines is 3. The van der Waals surface area contributed by atoms with Crippen molar-refractivity contribution in [2.45, 2.75) is 0 Å². The highest BCUT2D eigenvalue weighted by Gasteiger charge is 2.16. The summed E-state index contributed by atoms with van der Waals surface area (Å²) < 4.78 is 6.05. The molecule has 0 spiro atoms. The van der Waals surface area contributed by atoms with Crippen molar-refractivity contribution in [2.75, 3.05) is 4.90 Å². The Balaban J connectivity index is 1.54. The van der Waals surface area contributed by atoms with Crippen molar-refractivity contribution in [3.05, 3.63) is 125 Å². The van der Waals surface area contributed by atoms with E-state index < -0.39 is 0 Å². The van der Waals surface area contributed by atoms with Crippen molar-refractivity contribution >= 4 is 62.2 Å². The molecule has 34 heavy (non-hydrogen) atoms. The van der Waals surface area contributed by atoms with E-state index in [9.17, 15) is 0 Å². The summed E-state index contributed by atoms with van der Waals surface area (Å²) in [6.45, 7) is 0. The van der Waals surface area contributed by atoms with Gasteiger partial charge >= 0.3 is 0 Å². The summed E-state index contributed by atoms with van der Waals surface area (Å²) in [6.07, 6.45) is 0. The number of fused-ring (bicyclic) bond motifs is 3. The highest BCUT2D eigenvalue weighted by molar-refractivity contribution is 6.35. The first-order valence-electron chi connectivity index (χ1n) is 11.0. The molecule has 0 aliphatic carbocycles. The predicted octanol–water partition coefficient (Wildman–Crippen LogP) is 10.0. The highest BCUT2D eigenvalue weighted by Crippen LogP contribution is 2.40. The maximum atomic E-state index is 6.28. The zero-order valence-electron chi connectivity index (χ0n) is 18.1. The normalized spacial score (nSPS) is 11.2. The molecule has 0 N–H and O–H groups in total. The van der Waals surface area contributed by atoms with Gasteiger partial charge < -0.3 is 9.32 Å². The van der Waals surface area contributed by atoms with Crippen LogP contribution in [0.2, 0.25) is 10.0 Å². The Morgan fingerprint density at radius 2 is 1.15 bits per heavy atom. The van der Waals surface area contributed by atoms with Gasteiger partial charge in [-0.3, -0.25) is 0 Å². The summed E-state index contributed by atoms with van der Waals surface area (Å²) in [5, 5.41) is 3.43. The highest BCUT2D eigenvalue weighted by atomic mass is 35.5. The van der Waals surface area contributed by atoms with Crippen LogP contribution in [0.15, 0.2) is 120 Å².